The molecule has 3 rings (SSSR count). The monoisotopic (exact) mass is 353 g/mol. The van der Waals surface area contributed by atoms with Crippen molar-refractivity contribution in [1.29, 1.82) is 0 Å². The van der Waals surface area contributed by atoms with Crippen molar-refractivity contribution in [3.05, 3.63) is 88.2 Å². The third-order valence-electron chi connectivity index (χ3n) is 3.10. The van der Waals surface area contributed by atoms with Crippen molar-refractivity contribution in [2.45, 2.75) is 0 Å². The third-order valence-corrected chi connectivity index (χ3v) is 3.57. The van der Waals surface area contributed by atoms with Crippen LogP contribution >= 0.6 is 23.2 Å². The first kappa shape index (κ1) is 16.4. The molecule has 0 radical (unpaired) electrons. The Balaban J connectivity index is 1.76. The van der Waals surface area contributed by atoms with Crippen molar-refractivity contribution in [3.63, 3.8) is 0 Å². The molecule has 0 fully saturated rings. The first-order valence-electron chi connectivity index (χ1n) is 7.25. The van der Waals surface area contributed by atoms with E-state index in [0.717, 1.165) is 22.8 Å². The molecule has 2 aromatic carbocycles. The molecule has 3 nitrogen and oxygen atoms in total. The van der Waals surface area contributed by atoms with Crippen LogP contribution in [0.4, 0.5) is 11.4 Å². The second-order valence-electron chi connectivity index (χ2n) is 4.96. The highest BCUT2D eigenvalue weighted by Gasteiger charge is 1.95. The van der Waals surface area contributed by atoms with Gasteiger partial charge in [-0.1, -0.05) is 41.4 Å². The van der Waals surface area contributed by atoms with Crippen LogP contribution in [-0.4, -0.2) is 17.4 Å². The molecule has 0 unspecified atom stereocenters. The lowest BCUT2D eigenvalue weighted by atomic mass is 10.3. The number of pyridine rings is 1. The summed E-state index contributed by atoms with van der Waals surface area (Å²) in [6.07, 6.45) is 3.39. The molecule has 0 saturated heterocycles. The van der Waals surface area contributed by atoms with Gasteiger partial charge >= 0.3 is 0 Å². The topological polar surface area (TPSA) is 37.6 Å². The van der Waals surface area contributed by atoms with E-state index in [9.17, 15) is 0 Å². The lowest BCUT2D eigenvalue weighted by Crippen LogP contribution is -1.92. The molecule has 0 amide bonds. The number of benzene rings is 2. The average Bonchev–Trinajstić information content (AvgIpc) is 2.59. The van der Waals surface area contributed by atoms with E-state index in [0.29, 0.717) is 10.0 Å². The van der Waals surface area contributed by atoms with E-state index in [1.165, 1.54) is 0 Å². The highest BCUT2D eigenvalue weighted by molar-refractivity contribution is 6.31. The lowest BCUT2D eigenvalue weighted by molar-refractivity contribution is 1.27. The van der Waals surface area contributed by atoms with Gasteiger partial charge in [0.25, 0.3) is 0 Å². The Morgan fingerprint density at radius 1 is 0.667 bits per heavy atom. The molecular formula is C19H13Cl2N3. The molecule has 5 heteroatoms. The zero-order valence-corrected chi connectivity index (χ0v) is 14.1. The van der Waals surface area contributed by atoms with Gasteiger partial charge < -0.3 is 0 Å². The summed E-state index contributed by atoms with van der Waals surface area (Å²) in [6, 6.07) is 20.4. The summed E-state index contributed by atoms with van der Waals surface area (Å²) in [7, 11) is 0. The minimum Gasteiger partial charge on any atom is -0.255 e. The van der Waals surface area contributed by atoms with E-state index in [1.54, 1.807) is 24.6 Å². The van der Waals surface area contributed by atoms with Gasteiger partial charge in [0.1, 0.15) is 0 Å². The highest BCUT2D eigenvalue weighted by Crippen LogP contribution is 2.18. The van der Waals surface area contributed by atoms with Crippen LogP contribution in [-0.2, 0) is 0 Å². The molecule has 0 bridgehead atoms. The molecule has 0 aliphatic rings. The van der Waals surface area contributed by atoms with E-state index < -0.39 is 0 Å². The molecule has 1 heterocycles. The zero-order valence-electron chi connectivity index (χ0n) is 12.6. The van der Waals surface area contributed by atoms with Gasteiger partial charge in [-0.2, -0.15) is 0 Å². The normalized spacial score (nSPS) is 11.4. The summed E-state index contributed by atoms with van der Waals surface area (Å²) in [5, 5.41) is 1.31. The minimum absolute atomic E-state index is 0.653. The van der Waals surface area contributed by atoms with Crippen molar-refractivity contribution < 1.29 is 0 Å². The summed E-state index contributed by atoms with van der Waals surface area (Å²) >= 11 is 11.9. The van der Waals surface area contributed by atoms with Crippen LogP contribution in [0.2, 0.25) is 10.0 Å². The molecular weight excluding hydrogens is 341 g/mol. The van der Waals surface area contributed by atoms with Gasteiger partial charge in [0.05, 0.1) is 35.2 Å². The molecule has 1 aromatic heterocycles. The first-order valence-corrected chi connectivity index (χ1v) is 8.01. The number of hydrogen-bond acceptors (Lipinski definition) is 3. The van der Waals surface area contributed by atoms with Crippen molar-refractivity contribution in [3.8, 4) is 0 Å². The van der Waals surface area contributed by atoms with Gasteiger partial charge in [-0.15, -0.1) is 0 Å². The minimum atomic E-state index is 0.653. The molecule has 0 N–H and O–H groups in total. The number of rotatable bonds is 4. The summed E-state index contributed by atoms with van der Waals surface area (Å²) in [5.74, 6) is 0. The SMILES string of the molecule is Clc1cccc(N=Cc2cccc(C=Nc3cccc(Cl)c3)n2)c1. The molecule has 24 heavy (non-hydrogen) atoms. The number of nitrogens with zero attached hydrogens (tertiary/aromatic N) is 3. The Hall–Kier alpha value is -2.49. The molecule has 118 valence electrons. The van der Waals surface area contributed by atoms with Crippen LogP contribution in [0.25, 0.3) is 0 Å². The van der Waals surface area contributed by atoms with Crippen LogP contribution in [0, 0.1) is 0 Å². The fourth-order valence-electron chi connectivity index (χ4n) is 2.01. The average molecular weight is 354 g/mol. The summed E-state index contributed by atoms with van der Waals surface area (Å²) in [4.78, 5) is 13.2. The van der Waals surface area contributed by atoms with Crippen molar-refractivity contribution in [2.24, 2.45) is 9.98 Å². The Bertz CT molecular complexity index is 834. The van der Waals surface area contributed by atoms with Crippen molar-refractivity contribution >= 4 is 47.0 Å². The summed E-state index contributed by atoms with van der Waals surface area (Å²) in [5.41, 5.74) is 3.04. The van der Waals surface area contributed by atoms with E-state index in [-0.39, 0.29) is 0 Å². The number of aliphatic imine (C=N–C) groups is 2. The van der Waals surface area contributed by atoms with Crippen LogP contribution in [0.5, 0.6) is 0 Å². The Kier molecular flexibility index (Phi) is 5.36. The van der Waals surface area contributed by atoms with Gasteiger partial charge in [-0.05, 0) is 48.5 Å². The number of aromatic nitrogens is 1. The van der Waals surface area contributed by atoms with E-state index in [1.807, 2.05) is 54.6 Å². The van der Waals surface area contributed by atoms with Gasteiger partial charge in [-0.25, -0.2) is 4.98 Å². The van der Waals surface area contributed by atoms with Crippen LogP contribution in [0.1, 0.15) is 11.4 Å². The van der Waals surface area contributed by atoms with E-state index >= 15 is 0 Å². The maximum absolute atomic E-state index is 5.95. The predicted molar refractivity (Wildman–Crippen MR) is 102 cm³/mol. The van der Waals surface area contributed by atoms with Crippen molar-refractivity contribution in [1.82, 2.24) is 4.98 Å². The molecule has 0 aliphatic carbocycles. The van der Waals surface area contributed by atoms with E-state index in [2.05, 4.69) is 15.0 Å². The van der Waals surface area contributed by atoms with Crippen LogP contribution in [0.3, 0.4) is 0 Å². The Morgan fingerprint density at radius 2 is 1.12 bits per heavy atom. The summed E-state index contributed by atoms with van der Waals surface area (Å²) in [6.45, 7) is 0. The first-order chi connectivity index (χ1) is 11.7. The molecule has 3 aromatic rings. The Morgan fingerprint density at radius 3 is 1.58 bits per heavy atom. The maximum atomic E-state index is 5.95. The smallest absolute Gasteiger partial charge is 0.0820 e. The zero-order chi connectivity index (χ0) is 16.8. The second-order valence-corrected chi connectivity index (χ2v) is 5.84. The van der Waals surface area contributed by atoms with Gasteiger partial charge in [0.2, 0.25) is 0 Å². The fourth-order valence-corrected chi connectivity index (χ4v) is 2.38. The van der Waals surface area contributed by atoms with Gasteiger partial charge in [0.15, 0.2) is 0 Å². The molecule has 0 atom stereocenters. The van der Waals surface area contributed by atoms with Crippen LogP contribution < -0.4 is 0 Å². The van der Waals surface area contributed by atoms with Gasteiger partial charge in [-0.3, -0.25) is 9.98 Å². The summed E-state index contributed by atoms with van der Waals surface area (Å²) < 4.78 is 0. The molecule has 0 saturated carbocycles. The number of hydrogen-bond donors (Lipinski definition) is 0. The quantitative estimate of drug-likeness (QED) is 0.538. The number of halogens is 2. The molecule has 0 spiro atoms. The van der Waals surface area contributed by atoms with Crippen molar-refractivity contribution in [2.75, 3.05) is 0 Å². The standard InChI is InChI=1S/C19H13Cl2N3/c20-14-4-1-6-16(10-14)22-12-18-8-3-9-19(24-18)13-23-17-7-2-5-15(21)11-17/h1-13H. The Labute approximate surface area is 150 Å². The molecule has 0 aliphatic heterocycles. The predicted octanol–water partition coefficient (Wildman–Crippen LogP) is 5.89. The highest BCUT2D eigenvalue weighted by atomic mass is 35.5. The fraction of sp³-hybridized carbons (Fsp3) is 0. The lowest BCUT2D eigenvalue weighted by Gasteiger charge is -1.97. The van der Waals surface area contributed by atoms with Crippen LogP contribution in [0.15, 0.2) is 76.7 Å². The van der Waals surface area contributed by atoms with E-state index in [4.69, 9.17) is 23.2 Å². The second kappa shape index (κ2) is 7.86. The largest absolute Gasteiger partial charge is 0.255 e. The van der Waals surface area contributed by atoms with Gasteiger partial charge in [0, 0.05) is 10.0 Å². The maximum Gasteiger partial charge on any atom is 0.0820 e. The third kappa shape index (κ3) is 4.75.